The Morgan fingerprint density at radius 2 is 1.95 bits per heavy atom. The summed E-state index contributed by atoms with van der Waals surface area (Å²) in [5.41, 5.74) is 9.35. The van der Waals surface area contributed by atoms with Crippen molar-refractivity contribution in [2.45, 2.75) is 24.6 Å². The molecule has 6 heteroatoms. The Bertz CT molecular complexity index is 721. The molecule has 4 nitrogen and oxygen atoms in total. The minimum Gasteiger partial charge on any atom is -0.398 e. The Morgan fingerprint density at radius 1 is 1.25 bits per heavy atom. The topological polar surface area (TPSA) is 63.4 Å². The van der Waals surface area contributed by atoms with E-state index in [1.54, 1.807) is 12.4 Å². The lowest BCUT2D eigenvalue weighted by Gasteiger charge is -2.17. The van der Waals surface area contributed by atoms with Crippen LogP contribution in [0.1, 0.15) is 16.7 Å². The number of nitrogens with two attached hydrogens (primary N) is 1. The largest absolute Gasteiger partial charge is 0.398 e. The lowest BCUT2D eigenvalue weighted by molar-refractivity contribution is 0.467. The number of nitrogen functional groups attached to an aromatic ring is 1. The first-order chi connectivity index (χ1) is 9.30. The van der Waals surface area contributed by atoms with Gasteiger partial charge in [0.2, 0.25) is 0 Å². The SMILES string of the molecule is Cc1ccc(CN(C)S(=O)(=O)c2cc(N)cs2)c(C)c1. The van der Waals surface area contributed by atoms with E-state index in [0.717, 1.165) is 22.5 Å². The second kappa shape index (κ2) is 5.55. The van der Waals surface area contributed by atoms with Crippen LogP contribution in [0.25, 0.3) is 0 Å². The fraction of sp³-hybridized carbons (Fsp3) is 0.286. The van der Waals surface area contributed by atoms with E-state index in [1.807, 2.05) is 26.0 Å². The molecule has 0 amide bonds. The van der Waals surface area contributed by atoms with E-state index in [1.165, 1.54) is 15.9 Å². The van der Waals surface area contributed by atoms with Crippen molar-refractivity contribution in [2.24, 2.45) is 0 Å². The lowest BCUT2D eigenvalue weighted by atomic mass is 10.1. The summed E-state index contributed by atoms with van der Waals surface area (Å²) >= 11 is 1.15. The predicted octanol–water partition coefficient (Wildman–Crippen LogP) is 2.77. The highest BCUT2D eigenvalue weighted by atomic mass is 32.2. The first-order valence-corrected chi connectivity index (χ1v) is 8.49. The fourth-order valence-corrected chi connectivity index (χ4v) is 4.41. The monoisotopic (exact) mass is 310 g/mol. The first kappa shape index (κ1) is 15.0. The molecule has 0 saturated carbocycles. The quantitative estimate of drug-likeness (QED) is 0.944. The second-order valence-corrected chi connectivity index (χ2v) is 8.07. The van der Waals surface area contributed by atoms with E-state index in [2.05, 4.69) is 6.07 Å². The number of rotatable bonds is 4. The van der Waals surface area contributed by atoms with Crippen LogP contribution in [0.2, 0.25) is 0 Å². The van der Waals surface area contributed by atoms with Crippen LogP contribution in [0.5, 0.6) is 0 Å². The Kier molecular flexibility index (Phi) is 4.17. The van der Waals surface area contributed by atoms with Gasteiger partial charge in [0.15, 0.2) is 0 Å². The highest BCUT2D eigenvalue weighted by molar-refractivity contribution is 7.91. The van der Waals surface area contributed by atoms with Gasteiger partial charge in [0.25, 0.3) is 10.0 Å². The van der Waals surface area contributed by atoms with Gasteiger partial charge in [0, 0.05) is 24.7 Å². The molecule has 2 rings (SSSR count). The molecular weight excluding hydrogens is 292 g/mol. The molecule has 0 unspecified atom stereocenters. The normalized spacial score (nSPS) is 12.0. The molecule has 0 saturated heterocycles. The molecular formula is C14H18N2O2S2. The van der Waals surface area contributed by atoms with Gasteiger partial charge in [-0.2, -0.15) is 4.31 Å². The van der Waals surface area contributed by atoms with Crippen LogP contribution >= 0.6 is 11.3 Å². The number of hydrogen-bond acceptors (Lipinski definition) is 4. The number of sulfonamides is 1. The van der Waals surface area contributed by atoms with Crippen molar-refractivity contribution in [3.63, 3.8) is 0 Å². The Labute approximate surface area is 123 Å². The molecule has 1 heterocycles. The third kappa shape index (κ3) is 3.03. The van der Waals surface area contributed by atoms with Crippen LogP contribution in [-0.4, -0.2) is 19.8 Å². The number of aryl methyl sites for hydroxylation is 2. The van der Waals surface area contributed by atoms with Crippen LogP contribution < -0.4 is 5.73 Å². The molecule has 20 heavy (non-hydrogen) atoms. The highest BCUT2D eigenvalue weighted by Crippen LogP contribution is 2.25. The molecule has 0 bridgehead atoms. The van der Waals surface area contributed by atoms with Gasteiger partial charge in [0.05, 0.1) is 0 Å². The summed E-state index contributed by atoms with van der Waals surface area (Å²) < 4.78 is 26.5. The van der Waals surface area contributed by atoms with Gasteiger partial charge in [-0.1, -0.05) is 23.8 Å². The standard InChI is InChI=1S/C14H18N2O2S2/c1-10-4-5-12(11(2)6-10)8-16(3)20(17,18)14-7-13(15)9-19-14/h4-7,9H,8,15H2,1-3H3. The third-order valence-corrected chi connectivity index (χ3v) is 6.39. The summed E-state index contributed by atoms with van der Waals surface area (Å²) in [6, 6.07) is 7.52. The van der Waals surface area contributed by atoms with Gasteiger partial charge >= 0.3 is 0 Å². The van der Waals surface area contributed by atoms with E-state index in [-0.39, 0.29) is 4.21 Å². The van der Waals surface area contributed by atoms with Gasteiger partial charge in [-0.15, -0.1) is 11.3 Å². The number of hydrogen-bond donors (Lipinski definition) is 1. The molecule has 2 N–H and O–H groups in total. The maximum absolute atomic E-state index is 12.4. The Hall–Kier alpha value is -1.37. The smallest absolute Gasteiger partial charge is 0.252 e. The lowest BCUT2D eigenvalue weighted by Crippen LogP contribution is -2.26. The third-order valence-electron chi connectivity index (χ3n) is 3.15. The molecule has 0 atom stereocenters. The summed E-state index contributed by atoms with van der Waals surface area (Å²) in [5, 5.41) is 1.64. The van der Waals surface area contributed by atoms with Gasteiger partial charge < -0.3 is 5.73 Å². The van der Waals surface area contributed by atoms with Crippen LogP contribution in [-0.2, 0) is 16.6 Å². The summed E-state index contributed by atoms with van der Waals surface area (Å²) in [6.45, 7) is 4.36. The van der Waals surface area contributed by atoms with Crippen LogP contribution in [0, 0.1) is 13.8 Å². The van der Waals surface area contributed by atoms with Crippen LogP contribution in [0.15, 0.2) is 33.9 Å². The molecule has 108 valence electrons. The van der Waals surface area contributed by atoms with Crippen molar-refractivity contribution in [1.29, 1.82) is 0 Å². The van der Waals surface area contributed by atoms with Crippen molar-refractivity contribution in [1.82, 2.24) is 4.31 Å². The van der Waals surface area contributed by atoms with Gasteiger partial charge in [-0.3, -0.25) is 0 Å². The molecule has 1 aromatic carbocycles. The van der Waals surface area contributed by atoms with E-state index in [4.69, 9.17) is 5.73 Å². The predicted molar refractivity (Wildman–Crippen MR) is 83.3 cm³/mol. The Balaban J connectivity index is 2.25. The zero-order valence-corrected chi connectivity index (χ0v) is 13.4. The number of thiophene rings is 1. The zero-order valence-electron chi connectivity index (χ0n) is 11.8. The van der Waals surface area contributed by atoms with Crippen molar-refractivity contribution in [2.75, 3.05) is 12.8 Å². The van der Waals surface area contributed by atoms with Gasteiger partial charge in [-0.05, 0) is 31.0 Å². The molecule has 0 aliphatic carbocycles. The van der Waals surface area contributed by atoms with E-state index >= 15 is 0 Å². The minimum absolute atomic E-state index is 0.280. The molecule has 0 aliphatic heterocycles. The molecule has 2 aromatic rings. The summed E-state index contributed by atoms with van der Waals surface area (Å²) in [5.74, 6) is 0. The average Bonchev–Trinajstić information content (AvgIpc) is 2.80. The van der Waals surface area contributed by atoms with Crippen molar-refractivity contribution < 1.29 is 8.42 Å². The number of anilines is 1. The highest BCUT2D eigenvalue weighted by Gasteiger charge is 2.23. The van der Waals surface area contributed by atoms with Gasteiger partial charge in [0.1, 0.15) is 4.21 Å². The van der Waals surface area contributed by atoms with E-state index in [0.29, 0.717) is 12.2 Å². The molecule has 1 aromatic heterocycles. The summed E-state index contributed by atoms with van der Waals surface area (Å²) in [7, 11) is -1.88. The van der Waals surface area contributed by atoms with Crippen LogP contribution in [0.4, 0.5) is 5.69 Å². The van der Waals surface area contributed by atoms with Crippen LogP contribution in [0.3, 0.4) is 0 Å². The minimum atomic E-state index is -3.47. The summed E-state index contributed by atoms with van der Waals surface area (Å²) in [4.78, 5) is 0. The average molecular weight is 310 g/mol. The van der Waals surface area contributed by atoms with Crippen molar-refractivity contribution in [3.8, 4) is 0 Å². The molecule has 0 aliphatic rings. The maximum atomic E-state index is 12.4. The maximum Gasteiger partial charge on any atom is 0.252 e. The molecule has 0 spiro atoms. The fourth-order valence-electron chi connectivity index (χ4n) is 1.97. The molecule has 0 radical (unpaired) electrons. The molecule has 0 fully saturated rings. The Morgan fingerprint density at radius 3 is 2.50 bits per heavy atom. The van der Waals surface area contributed by atoms with E-state index in [9.17, 15) is 8.42 Å². The zero-order chi connectivity index (χ0) is 14.9. The number of benzene rings is 1. The second-order valence-electron chi connectivity index (χ2n) is 4.89. The number of nitrogens with zero attached hydrogens (tertiary/aromatic N) is 1. The van der Waals surface area contributed by atoms with Gasteiger partial charge in [-0.25, -0.2) is 8.42 Å². The summed E-state index contributed by atoms with van der Waals surface area (Å²) in [6.07, 6.45) is 0. The van der Waals surface area contributed by atoms with Crippen molar-refractivity contribution in [3.05, 3.63) is 46.3 Å². The van der Waals surface area contributed by atoms with E-state index < -0.39 is 10.0 Å². The van der Waals surface area contributed by atoms with Crippen molar-refractivity contribution >= 4 is 27.0 Å². The first-order valence-electron chi connectivity index (χ1n) is 6.17.